The summed E-state index contributed by atoms with van der Waals surface area (Å²) < 4.78 is 25.2. The van der Waals surface area contributed by atoms with Crippen LogP contribution < -0.4 is 4.72 Å². The Morgan fingerprint density at radius 2 is 2.05 bits per heavy atom. The summed E-state index contributed by atoms with van der Waals surface area (Å²) in [5.74, 6) is -0.760. The maximum absolute atomic E-state index is 11.6. The predicted octanol–water partition coefficient (Wildman–Crippen LogP) is 1.87. The van der Waals surface area contributed by atoms with Gasteiger partial charge in [0, 0.05) is 11.2 Å². The summed E-state index contributed by atoms with van der Waals surface area (Å²) in [7, 11) is -3.62. The second-order valence-corrected chi connectivity index (χ2v) is 6.56. The van der Waals surface area contributed by atoms with E-state index in [9.17, 15) is 13.2 Å². The van der Waals surface area contributed by atoms with Crippen LogP contribution in [0.25, 0.3) is 5.69 Å². The first-order valence-electron chi connectivity index (χ1n) is 5.28. The number of rotatable bonds is 3. The summed E-state index contributed by atoms with van der Waals surface area (Å²) in [5.41, 5.74) is 0.621. The van der Waals surface area contributed by atoms with E-state index in [-0.39, 0.29) is 5.56 Å². The number of nitrogens with one attached hydrogen (secondary N) is 1. The molecule has 0 saturated carbocycles. The van der Waals surface area contributed by atoms with Crippen molar-refractivity contribution in [2.45, 2.75) is 0 Å². The normalized spacial score (nSPS) is 11.3. The lowest BCUT2D eigenvalue weighted by Crippen LogP contribution is -2.28. The van der Waals surface area contributed by atoms with E-state index < -0.39 is 15.9 Å². The highest BCUT2D eigenvalue weighted by atomic mass is 35.5. The fraction of sp³-hybridized carbons (Fsp3) is 0.0909. The van der Waals surface area contributed by atoms with E-state index >= 15 is 0 Å². The maximum Gasteiger partial charge on any atom is 0.267 e. The van der Waals surface area contributed by atoms with Gasteiger partial charge in [0.05, 0.1) is 28.7 Å². The van der Waals surface area contributed by atoms with Crippen molar-refractivity contribution in [2.24, 2.45) is 0 Å². The van der Waals surface area contributed by atoms with Crippen LogP contribution in [-0.2, 0) is 10.0 Å². The Kier molecular flexibility index (Phi) is 4.03. The number of benzene rings is 1. The number of aromatic nitrogens is 2. The molecular formula is C11H9Cl2N3O3S. The molecule has 0 radical (unpaired) electrons. The maximum atomic E-state index is 11.6. The fourth-order valence-corrected chi connectivity index (χ4v) is 2.42. The predicted molar refractivity (Wildman–Crippen MR) is 75.9 cm³/mol. The van der Waals surface area contributed by atoms with E-state index in [1.807, 2.05) is 4.72 Å². The zero-order chi connectivity index (χ0) is 14.9. The molecule has 0 aliphatic heterocycles. The van der Waals surface area contributed by atoms with E-state index in [2.05, 4.69) is 5.10 Å². The van der Waals surface area contributed by atoms with Gasteiger partial charge in [0.15, 0.2) is 0 Å². The van der Waals surface area contributed by atoms with Crippen molar-refractivity contribution in [3.63, 3.8) is 0 Å². The highest BCUT2D eigenvalue weighted by Gasteiger charge is 2.14. The quantitative estimate of drug-likeness (QED) is 0.929. The van der Waals surface area contributed by atoms with Gasteiger partial charge in [-0.05, 0) is 18.2 Å². The molecule has 1 N–H and O–H groups in total. The van der Waals surface area contributed by atoms with E-state index in [4.69, 9.17) is 23.2 Å². The largest absolute Gasteiger partial charge is 0.268 e. The standard InChI is InChI=1S/C11H9Cl2N3O3S/c1-20(18,19)15-11(17)7-5-14-16(6-7)10-3-2-8(12)4-9(10)13/h2-6H,1H3,(H,15,17). The Balaban J connectivity index is 2.31. The number of carbonyl (C=O) groups excluding carboxylic acids is 1. The molecule has 1 aromatic carbocycles. The molecule has 0 aliphatic rings. The fourth-order valence-electron chi connectivity index (χ4n) is 1.47. The average Bonchev–Trinajstić information content (AvgIpc) is 2.75. The number of hydrogen-bond acceptors (Lipinski definition) is 4. The summed E-state index contributed by atoms with van der Waals surface area (Å²) in [6, 6.07) is 4.80. The first-order chi connectivity index (χ1) is 9.26. The van der Waals surface area contributed by atoms with Gasteiger partial charge in [0.25, 0.3) is 5.91 Å². The molecule has 1 heterocycles. The van der Waals surface area contributed by atoms with E-state index in [1.54, 1.807) is 12.1 Å². The van der Waals surface area contributed by atoms with Gasteiger partial charge >= 0.3 is 0 Å². The second kappa shape index (κ2) is 5.43. The van der Waals surface area contributed by atoms with Gasteiger partial charge in [0.1, 0.15) is 0 Å². The van der Waals surface area contributed by atoms with Crippen molar-refractivity contribution in [1.29, 1.82) is 0 Å². The molecule has 0 unspecified atom stereocenters. The van der Waals surface area contributed by atoms with Crippen molar-refractivity contribution >= 4 is 39.1 Å². The van der Waals surface area contributed by atoms with Gasteiger partial charge in [-0.15, -0.1) is 0 Å². The smallest absolute Gasteiger partial charge is 0.267 e. The first-order valence-corrected chi connectivity index (χ1v) is 7.93. The molecule has 0 saturated heterocycles. The van der Waals surface area contributed by atoms with Crippen molar-refractivity contribution in [3.8, 4) is 5.69 Å². The number of halogens is 2. The van der Waals surface area contributed by atoms with Crippen molar-refractivity contribution in [2.75, 3.05) is 6.26 Å². The van der Waals surface area contributed by atoms with Gasteiger partial charge in [-0.1, -0.05) is 23.2 Å². The first kappa shape index (κ1) is 14.8. The molecule has 1 amide bonds. The molecule has 106 valence electrons. The van der Waals surface area contributed by atoms with Crippen LogP contribution >= 0.6 is 23.2 Å². The van der Waals surface area contributed by atoms with Crippen LogP contribution in [0.2, 0.25) is 10.0 Å². The molecule has 6 nitrogen and oxygen atoms in total. The molecule has 9 heteroatoms. The summed E-state index contributed by atoms with van der Waals surface area (Å²) in [6.07, 6.45) is 3.51. The number of nitrogens with zero attached hydrogens (tertiary/aromatic N) is 2. The molecule has 2 aromatic rings. The molecule has 0 aliphatic carbocycles. The molecule has 0 bridgehead atoms. The van der Waals surface area contributed by atoms with E-state index in [0.717, 1.165) is 6.26 Å². The Hall–Kier alpha value is -1.57. The van der Waals surface area contributed by atoms with Gasteiger partial charge in [-0.2, -0.15) is 5.10 Å². The highest BCUT2D eigenvalue weighted by molar-refractivity contribution is 7.89. The number of carbonyl (C=O) groups is 1. The minimum absolute atomic E-state index is 0.0986. The molecule has 20 heavy (non-hydrogen) atoms. The SMILES string of the molecule is CS(=O)(=O)NC(=O)c1cnn(-c2ccc(Cl)cc2Cl)c1. The molecule has 0 atom stereocenters. The minimum atomic E-state index is -3.62. The van der Waals surface area contributed by atoms with Gasteiger partial charge in [-0.3, -0.25) is 4.79 Å². The zero-order valence-corrected chi connectivity index (χ0v) is 12.5. The molecule has 1 aromatic heterocycles. The van der Waals surface area contributed by atoms with Crippen LogP contribution in [-0.4, -0.2) is 30.4 Å². The topological polar surface area (TPSA) is 81.1 Å². The third-order valence-electron chi connectivity index (χ3n) is 2.28. The number of sulfonamides is 1. The lowest BCUT2D eigenvalue weighted by Gasteiger charge is -2.04. The Morgan fingerprint density at radius 3 is 2.65 bits per heavy atom. The zero-order valence-electron chi connectivity index (χ0n) is 10.2. The van der Waals surface area contributed by atoms with E-state index in [1.165, 1.54) is 23.1 Å². The number of hydrogen-bond donors (Lipinski definition) is 1. The lowest BCUT2D eigenvalue weighted by atomic mass is 10.3. The van der Waals surface area contributed by atoms with Crippen molar-refractivity contribution in [3.05, 3.63) is 46.2 Å². The van der Waals surface area contributed by atoms with Crippen LogP contribution in [0.5, 0.6) is 0 Å². The number of amides is 1. The lowest BCUT2D eigenvalue weighted by molar-refractivity contribution is 0.0981. The summed E-state index contributed by atoms with van der Waals surface area (Å²) >= 11 is 11.8. The molecule has 0 spiro atoms. The molecular weight excluding hydrogens is 325 g/mol. The second-order valence-electron chi connectivity index (χ2n) is 3.97. The summed E-state index contributed by atoms with van der Waals surface area (Å²) in [4.78, 5) is 11.6. The van der Waals surface area contributed by atoms with Gasteiger partial charge in [0.2, 0.25) is 10.0 Å². The van der Waals surface area contributed by atoms with Crippen molar-refractivity contribution in [1.82, 2.24) is 14.5 Å². The van der Waals surface area contributed by atoms with Crippen LogP contribution in [0.3, 0.4) is 0 Å². The third kappa shape index (κ3) is 3.50. The van der Waals surface area contributed by atoms with Gasteiger partial charge in [-0.25, -0.2) is 17.8 Å². The van der Waals surface area contributed by atoms with Crippen LogP contribution in [0.15, 0.2) is 30.6 Å². The average molecular weight is 334 g/mol. The Morgan fingerprint density at radius 1 is 1.35 bits per heavy atom. The van der Waals surface area contributed by atoms with E-state index in [0.29, 0.717) is 15.7 Å². The monoisotopic (exact) mass is 333 g/mol. The van der Waals surface area contributed by atoms with Crippen LogP contribution in [0.4, 0.5) is 0 Å². The molecule has 0 fully saturated rings. The van der Waals surface area contributed by atoms with Crippen LogP contribution in [0, 0.1) is 0 Å². The summed E-state index contributed by atoms with van der Waals surface area (Å²) in [5, 5.41) is 4.79. The minimum Gasteiger partial charge on any atom is -0.268 e. The van der Waals surface area contributed by atoms with Crippen LogP contribution in [0.1, 0.15) is 10.4 Å². The Labute approximate surface area is 125 Å². The Bertz CT molecular complexity index is 771. The third-order valence-corrected chi connectivity index (χ3v) is 3.37. The van der Waals surface area contributed by atoms with Gasteiger partial charge < -0.3 is 0 Å². The summed E-state index contributed by atoms with van der Waals surface area (Å²) in [6.45, 7) is 0. The van der Waals surface area contributed by atoms with Crippen molar-refractivity contribution < 1.29 is 13.2 Å². The highest BCUT2D eigenvalue weighted by Crippen LogP contribution is 2.24. The molecule has 2 rings (SSSR count).